The quantitative estimate of drug-likeness (QED) is 0.749. The number of carbonyl (C=O) groups is 3. The van der Waals surface area contributed by atoms with Crippen LogP contribution in [0.15, 0.2) is 42.5 Å². The smallest absolute Gasteiger partial charge is 0.326 e. The number of primary amides is 1. The molecule has 1 aromatic carbocycles. The summed E-state index contributed by atoms with van der Waals surface area (Å²) in [5, 5.41) is 11.9. The number of rotatable bonds is 6. The van der Waals surface area contributed by atoms with Crippen LogP contribution < -0.4 is 11.1 Å². The molecule has 2 atom stereocenters. The molecule has 0 radical (unpaired) electrons. The van der Waals surface area contributed by atoms with Crippen LogP contribution in [0, 0.1) is 0 Å². The second-order valence-corrected chi connectivity index (χ2v) is 6.10. The minimum Gasteiger partial charge on any atom is -0.480 e. The molecule has 2 rings (SSSR count). The van der Waals surface area contributed by atoms with Gasteiger partial charge in [-0.25, -0.2) is 4.79 Å². The second-order valence-electron chi connectivity index (χ2n) is 5.02. The minimum atomic E-state index is -1.12. The van der Waals surface area contributed by atoms with Crippen molar-refractivity contribution in [2.75, 3.05) is 0 Å². The molecule has 4 N–H and O–H groups in total. The maximum Gasteiger partial charge on any atom is 0.326 e. The zero-order valence-electron chi connectivity index (χ0n) is 12.4. The molecular formula is C16H16N2O4S. The fraction of sp³-hybridized carbons (Fsp3) is 0.188. The molecular weight excluding hydrogens is 316 g/mol. The number of carboxylic acids is 1. The number of thiophene rings is 1. The van der Waals surface area contributed by atoms with Crippen molar-refractivity contribution in [3.8, 4) is 0 Å². The predicted octanol–water partition coefficient (Wildman–Crippen LogP) is 1.83. The lowest BCUT2D eigenvalue weighted by Gasteiger charge is -2.21. The standard InChI is InChI=1S/C16H16N2O4S/c1-9(10-5-3-2-4-6-10)13(16(21)22)18-15(20)12-8-7-11(23-12)14(17)19/h2-9,13H,1H3,(H2,17,19)(H,18,20)(H,21,22). The Morgan fingerprint density at radius 3 is 2.22 bits per heavy atom. The third-order valence-electron chi connectivity index (χ3n) is 3.45. The maximum atomic E-state index is 12.2. The molecule has 1 aromatic heterocycles. The van der Waals surface area contributed by atoms with Crippen LogP contribution in [-0.4, -0.2) is 28.9 Å². The molecule has 0 aliphatic carbocycles. The average molecular weight is 332 g/mol. The Morgan fingerprint density at radius 1 is 1.09 bits per heavy atom. The molecule has 1 heterocycles. The van der Waals surface area contributed by atoms with Crippen molar-refractivity contribution in [3.05, 3.63) is 57.8 Å². The number of aliphatic carboxylic acids is 1. The molecule has 6 nitrogen and oxygen atoms in total. The highest BCUT2D eigenvalue weighted by atomic mass is 32.1. The molecule has 0 saturated heterocycles. The highest BCUT2D eigenvalue weighted by Crippen LogP contribution is 2.21. The maximum absolute atomic E-state index is 12.2. The number of amides is 2. The predicted molar refractivity (Wildman–Crippen MR) is 86.6 cm³/mol. The first kappa shape index (κ1) is 16.7. The first-order valence-corrected chi connectivity index (χ1v) is 7.70. The summed E-state index contributed by atoms with van der Waals surface area (Å²) in [4.78, 5) is 35.3. The second kappa shape index (κ2) is 7.06. The fourth-order valence-corrected chi connectivity index (χ4v) is 2.92. The van der Waals surface area contributed by atoms with Crippen molar-refractivity contribution in [2.24, 2.45) is 5.73 Å². The number of hydrogen-bond acceptors (Lipinski definition) is 4. The minimum absolute atomic E-state index is 0.241. The van der Waals surface area contributed by atoms with Crippen molar-refractivity contribution in [1.82, 2.24) is 5.32 Å². The summed E-state index contributed by atoms with van der Waals surface area (Å²) in [6.07, 6.45) is 0. The van der Waals surface area contributed by atoms with Gasteiger partial charge in [-0.05, 0) is 17.7 Å². The van der Waals surface area contributed by atoms with Gasteiger partial charge in [0.15, 0.2) is 0 Å². The SMILES string of the molecule is CC(c1ccccc1)C(NC(=O)c1ccc(C(N)=O)s1)C(=O)O. The molecule has 0 bridgehead atoms. The molecule has 0 aliphatic heterocycles. The third kappa shape index (κ3) is 3.95. The van der Waals surface area contributed by atoms with Gasteiger partial charge in [0.2, 0.25) is 0 Å². The van der Waals surface area contributed by atoms with Gasteiger partial charge < -0.3 is 16.2 Å². The van der Waals surface area contributed by atoms with Crippen LogP contribution in [-0.2, 0) is 4.79 Å². The van der Waals surface area contributed by atoms with Crippen LogP contribution in [0.5, 0.6) is 0 Å². The van der Waals surface area contributed by atoms with Gasteiger partial charge in [-0.1, -0.05) is 37.3 Å². The monoisotopic (exact) mass is 332 g/mol. The molecule has 120 valence electrons. The Bertz CT molecular complexity index is 727. The Labute approximate surface area is 136 Å². The molecule has 0 spiro atoms. The van der Waals surface area contributed by atoms with Crippen molar-refractivity contribution < 1.29 is 19.5 Å². The molecule has 7 heteroatoms. The summed E-state index contributed by atoms with van der Waals surface area (Å²) >= 11 is 0.931. The number of nitrogens with two attached hydrogens (primary N) is 1. The van der Waals surface area contributed by atoms with Gasteiger partial charge in [0, 0.05) is 5.92 Å². The van der Waals surface area contributed by atoms with Crippen molar-refractivity contribution >= 4 is 29.1 Å². The van der Waals surface area contributed by atoms with E-state index in [9.17, 15) is 19.5 Å². The first-order chi connectivity index (χ1) is 10.9. The lowest BCUT2D eigenvalue weighted by molar-refractivity contribution is -0.139. The van der Waals surface area contributed by atoms with E-state index in [2.05, 4.69) is 5.32 Å². The molecule has 0 saturated carbocycles. The van der Waals surface area contributed by atoms with Gasteiger partial charge in [-0.2, -0.15) is 0 Å². The summed E-state index contributed by atoms with van der Waals surface area (Å²) in [5.41, 5.74) is 5.96. The van der Waals surface area contributed by atoms with Crippen molar-refractivity contribution in [3.63, 3.8) is 0 Å². The fourth-order valence-electron chi connectivity index (χ4n) is 2.15. The van der Waals surface area contributed by atoms with E-state index in [4.69, 9.17) is 5.73 Å². The lowest BCUT2D eigenvalue weighted by Crippen LogP contribution is -2.44. The Hall–Kier alpha value is -2.67. The van der Waals surface area contributed by atoms with Crippen molar-refractivity contribution in [2.45, 2.75) is 18.9 Å². The lowest BCUT2D eigenvalue weighted by atomic mass is 9.93. The van der Waals surface area contributed by atoms with Crippen LogP contribution in [0.1, 0.15) is 37.7 Å². The zero-order chi connectivity index (χ0) is 17.0. The van der Waals surface area contributed by atoms with Gasteiger partial charge in [0.05, 0.1) is 9.75 Å². The number of carboxylic acid groups (broad SMARTS) is 1. The largest absolute Gasteiger partial charge is 0.480 e. The average Bonchev–Trinajstić information content (AvgIpc) is 3.02. The van der Waals surface area contributed by atoms with Crippen LogP contribution in [0.3, 0.4) is 0 Å². The number of hydrogen-bond donors (Lipinski definition) is 3. The molecule has 0 fully saturated rings. The first-order valence-electron chi connectivity index (χ1n) is 6.88. The van der Waals surface area contributed by atoms with Gasteiger partial charge >= 0.3 is 5.97 Å². The normalized spacial score (nSPS) is 13.1. The number of benzene rings is 1. The molecule has 23 heavy (non-hydrogen) atoms. The third-order valence-corrected chi connectivity index (χ3v) is 4.55. The molecule has 2 aromatic rings. The van der Waals surface area contributed by atoms with Crippen LogP contribution in [0.25, 0.3) is 0 Å². The molecule has 2 unspecified atom stereocenters. The molecule has 0 aliphatic rings. The summed E-state index contributed by atoms with van der Waals surface area (Å²) < 4.78 is 0. The van der Waals surface area contributed by atoms with Crippen LogP contribution >= 0.6 is 11.3 Å². The van der Waals surface area contributed by atoms with E-state index in [1.165, 1.54) is 12.1 Å². The van der Waals surface area contributed by atoms with E-state index < -0.39 is 29.7 Å². The Kier molecular flexibility index (Phi) is 5.13. The highest BCUT2D eigenvalue weighted by Gasteiger charge is 2.28. The zero-order valence-corrected chi connectivity index (χ0v) is 13.2. The summed E-state index contributed by atoms with van der Waals surface area (Å²) in [7, 11) is 0. The highest BCUT2D eigenvalue weighted by molar-refractivity contribution is 7.15. The van der Waals surface area contributed by atoms with E-state index in [0.29, 0.717) is 0 Å². The Morgan fingerprint density at radius 2 is 1.70 bits per heavy atom. The van der Waals surface area contributed by atoms with Crippen LogP contribution in [0.4, 0.5) is 0 Å². The van der Waals surface area contributed by atoms with Gasteiger partial charge in [-0.15, -0.1) is 11.3 Å². The van der Waals surface area contributed by atoms with Crippen molar-refractivity contribution in [1.29, 1.82) is 0 Å². The van der Waals surface area contributed by atoms with E-state index in [1.807, 2.05) is 30.3 Å². The topological polar surface area (TPSA) is 109 Å². The van der Waals surface area contributed by atoms with Gasteiger partial charge in [0.25, 0.3) is 11.8 Å². The van der Waals surface area contributed by atoms with Gasteiger partial charge in [0.1, 0.15) is 6.04 Å². The molecule has 2 amide bonds. The number of nitrogens with one attached hydrogen (secondary N) is 1. The van der Waals surface area contributed by atoms with E-state index in [0.717, 1.165) is 16.9 Å². The van der Waals surface area contributed by atoms with Crippen LogP contribution in [0.2, 0.25) is 0 Å². The Balaban J connectivity index is 2.17. The number of carbonyl (C=O) groups excluding carboxylic acids is 2. The van der Waals surface area contributed by atoms with E-state index in [1.54, 1.807) is 6.92 Å². The summed E-state index contributed by atoms with van der Waals surface area (Å²) in [6.45, 7) is 1.73. The van der Waals surface area contributed by atoms with E-state index in [-0.39, 0.29) is 9.75 Å². The summed E-state index contributed by atoms with van der Waals surface area (Å²) in [5.74, 6) is -2.70. The van der Waals surface area contributed by atoms with Gasteiger partial charge in [-0.3, -0.25) is 9.59 Å². The summed E-state index contributed by atoms with van der Waals surface area (Å²) in [6, 6.07) is 10.9. The van der Waals surface area contributed by atoms with E-state index >= 15 is 0 Å².